The van der Waals surface area contributed by atoms with Gasteiger partial charge in [-0.15, -0.1) is 0 Å². The second-order valence-corrected chi connectivity index (χ2v) is 4.35. The minimum absolute atomic E-state index is 0.140. The van der Waals surface area contributed by atoms with E-state index in [4.69, 9.17) is 9.68 Å². The quantitative estimate of drug-likeness (QED) is 0.896. The number of anilines is 1. The van der Waals surface area contributed by atoms with Gasteiger partial charge in [0.2, 0.25) is 5.91 Å². The number of rotatable bonds is 4. The van der Waals surface area contributed by atoms with E-state index in [-0.39, 0.29) is 11.7 Å². The number of amides is 2. The summed E-state index contributed by atoms with van der Waals surface area (Å²) in [5.74, 6) is -0.709. The van der Waals surface area contributed by atoms with Gasteiger partial charge in [0, 0.05) is 5.69 Å². The van der Waals surface area contributed by atoms with E-state index in [9.17, 15) is 9.59 Å². The Morgan fingerprint density at radius 2 is 2.10 bits per heavy atom. The fourth-order valence-electron chi connectivity index (χ4n) is 1.66. The molecule has 0 aliphatic carbocycles. The smallest absolute Gasteiger partial charge is 0.287 e. The monoisotopic (exact) mass is 283 g/mol. The van der Waals surface area contributed by atoms with E-state index in [1.165, 1.54) is 12.3 Å². The second-order valence-electron chi connectivity index (χ2n) is 4.35. The Morgan fingerprint density at radius 1 is 1.29 bits per heavy atom. The maximum absolute atomic E-state index is 12.0. The van der Waals surface area contributed by atoms with E-state index in [2.05, 4.69) is 10.6 Å². The standard InChI is InChI=1S/C15H13N3O3/c1-10(17-15(20)13-6-3-7-21-13)14(19)18-12-5-2-4-11(8-12)9-16/h2-8,10H,1H3,(H,17,20)(H,18,19)/t10-/m0/s1. The fraction of sp³-hybridized carbons (Fsp3) is 0.133. The van der Waals surface area contributed by atoms with Crippen molar-refractivity contribution >= 4 is 17.5 Å². The third-order valence-electron chi connectivity index (χ3n) is 2.75. The van der Waals surface area contributed by atoms with Gasteiger partial charge in [0.1, 0.15) is 6.04 Å². The molecule has 0 unspecified atom stereocenters. The van der Waals surface area contributed by atoms with Gasteiger partial charge in [0.15, 0.2) is 5.76 Å². The predicted molar refractivity (Wildman–Crippen MR) is 75.4 cm³/mol. The molecule has 0 aliphatic rings. The zero-order valence-corrected chi connectivity index (χ0v) is 11.3. The van der Waals surface area contributed by atoms with Crippen molar-refractivity contribution in [2.45, 2.75) is 13.0 Å². The molecule has 2 amide bonds. The molecular weight excluding hydrogens is 270 g/mol. The van der Waals surface area contributed by atoms with E-state index in [1.54, 1.807) is 37.3 Å². The Labute approximate surface area is 121 Å². The molecule has 6 heteroatoms. The number of carbonyl (C=O) groups is 2. The summed E-state index contributed by atoms with van der Waals surface area (Å²) in [4.78, 5) is 23.7. The zero-order valence-electron chi connectivity index (χ0n) is 11.3. The normalized spacial score (nSPS) is 11.2. The van der Waals surface area contributed by atoms with E-state index in [0.29, 0.717) is 11.3 Å². The highest BCUT2D eigenvalue weighted by Gasteiger charge is 2.18. The molecule has 1 atom stereocenters. The predicted octanol–water partition coefficient (Wildman–Crippen LogP) is 1.91. The largest absolute Gasteiger partial charge is 0.459 e. The molecule has 1 aromatic carbocycles. The minimum atomic E-state index is -0.742. The number of carbonyl (C=O) groups excluding carboxylic acids is 2. The first-order valence-corrected chi connectivity index (χ1v) is 6.25. The van der Waals surface area contributed by atoms with Gasteiger partial charge in [-0.25, -0.2) is 0 Å². The molecule has 0 saturated carbocycles. The molecule has 1 aromatic heterocycles. The van der Waals surface area contributed by atoms with Crippen LogP contribution in [-0.4, -0.2) is 17.9 Å². The van der Waals surface area contributed by atoms with Crippen molar-refractivity contribution in [3.05, 3.63) is 54.0 Å². The number of benzene rings is 1. The van der Waals surface area contributed by atoms with Crippen molar-refractivity contribution in [3.8, 4) is 6.07 Å². The summed E-state index contributed by atoms with van der Waals surface area (Å²) in [5.41, 5.74) is 0.943. The van der Waals surface area contributed by atoms with Crippen LogP contribution in [0.4, 0.5) is 5.69 Å². The van der Waals surface area contributed by atoms with E-state index < -0.39 is 11.9 Å². The van der Waals surface area contributed by atoms with Gasteiger partial charge < -0.3 is 15.1 Å². The van der Waals surface area contributed by atoms with Crippen LogP contribution in [0, 0.1) is 11.3 Å². The molecule has 21 heavy (non-hydrogen) atoms. The van der Waals surface area contributed by atoms with Crippen molar-refractivity contribution in [3.63, 3.8) is 0 Å². The van der Waals surface area contributed by atoms with Gasteiger partial charge in [-0.05, 0) is 37.3 Å². The number of nitrogens with one attached hydrogen (secondary N) is 2. The van der Waals surface area contributed by atoms with Gasteiger partial charge in [-0.1, -0.05) is 6.07 Å². The van der Waals surface area contributed by atoms with E-state index in [1.807, 2.05) is 6.07 Å². The summed E-state index contributed by atoms with van der Waals surface area (Å²) in [5, 5.41) is 14.0. The molecule has 0 bridgehead atoms. The van der Waals surface area contributed by atoms with Crippen LogP contribution in [0.3, 0.4) is 0 Å². The number of hydrogen-bond acceptors (Lipinski definition) is 4. The molecule has 2 aromatic rings. The molecular formula is C15H13N3O3. The molecule has 2 rings (SSSR count). The van der Waals surface area contributed by atoms with Crippen molar-refractivity contribution in [2.75, 3.05) is 5.32 Å². The Hall–Kier alpha value is -3.07. The molecule has 1 heterocycles. The second kappa shape index (κ2) is 6.39. The number of hydrogen-bond donors (Lipinski definition) is 2. The lowest BCUT2D eigenvalue weighted by molar-refractivity contribution is -0.117. The van der Waals surface area contributed by atoms with Crippen LogP contribution in [0.5, 0.6) is 0 Å². The highest BCUT2D eigenvalue weighted by Crippen LogP contribution is 2.10. The van der Waals surface area contributed by atoms with Crippen LogP contribution in [0.2, 0.25) is 0 Å². The lowest BCUT2D eigenvalue weighted by atomic mass is 10.2. The van der Waals surface area contributed by atoms with E-state index >= 15 is 0 Å². The summed E-state index contributed by atoms with van der Waals surface area (Å²) >= 11 is 0. The van der Waals surface area contributed by atoms with Crippen molar-refractivity contribution < 1.29 is 14.0 Å². The topological polar surface area (TPSA) is 95.1 Å². The first kappa shape index (κ1) is 14.3. The van der Waals surface area contributed by atoms with Crippen LogP contribution in [0.15, 0.2) is 47.1 Å². The highest BCUT2D eigenvalue weighted by molar-refractivity contribution is 5.99. The Balaban J connectivity index is 1.96. The third kappa shape index (κ3) is 3.70. The summed E-state index contributed by atoms with van der Waals surface area (Å²) in [7, 11) is 0. The first-order chi connectivity index (χ1) is 10.1. The summed E-state index contributed by atoms with van der Waals surface area (Å²) in [6.07, 6.45) is 1.38. The molecule has 6 nitrogen and oxygen atoms in total. The van der Waals surface area contributed by atoms with Gasteiger partial charge in [0.25, 0.3) is 5.91 Å². The minimum Gasteiger partial charge on any atom is -0.459 e. The Kier molecular flexibility index (Phi) is 4.36. The summed E-state index contributed by atoms with van der Waals surface area (Å²) < 4.78 is 4.94. The maximum atomic E-state index is 12.0. The van der Waals surface area contributed by atoms with Crippen molar-refractivity contribution in [2.24, 2.45) is 0 Å². The molecule has 106 valence electrons. The highest BCUT2D eigenvalue weighted by atomic mass is 16.3. The molecule has 2 N–H and O–H groups in total. The number of furan rings is 1. The molecule has 0 radical (unpaired) electrons. The van der Waals surface area contributed by atoms with E-state index in [0.717, 1.165) is 0 Å². The first-order valence-electron chi connectivity index (χ1n) is 6.25. The van der Waals surface area contributed by atoms with Gasteiger partial charge in [-0.3, -0.25) is 9.59 Å². The fourth-order valence-corrected chi connectivity index (χ4v) is 1.66. The molecule has 0 spiro atoms. The lowest BCUT2D eigenvalue weighted by Gasteiger charge is -2.13. The van der Waals surface area contributed by atoms with Crippen molar-refractivity contribution in [1.29, 1.82) is 5.26 Å². The molecule has 0 saturated heterocycles. The van der Waals surface area contributed by atoms with Crippen LogP contribution < -0.4 is 10.6 Å². The number of nitriles is 1. The third-order valence-corrected chi connectivity index (χ3v) is 2.75. The SMILES string of the molecule is C[C@H](NC(=O)c1ccco1)C(=O)Nc1cccc(C#N)c1. The van der Waals surface area contributed by atoms with Crippen LogP contribution >= 0.6 is 0 Å². The zero-order chi connectivity index (χ0) is 15.2. The average molecular weight is 283 g/mol. The average Bonchev–Trinajstić information content (AvgIpc) is 3.01. The van der Waals surface area contributed by atoms with Crippen LogP contribution in [0.1, 0.15) is 23.0 Å². The van der Waals surface area contributed by atoms with Crippen LogP contribution in [-0.2, 0) is 4.79 Å². The van der Waals surface area contributed by atoms with Crippen molar-refractivity contribution in [1.82, 2.24) is 5.32 Å². The van der Waals surface area contributed by atoms with Gasteiger partial charge in [-0.2, -0.15) is 5.26 Å². The van der Waals surface area contributed by atoms with Gasteiger partial charge in [0.05, 0.1) is 17.9 Å². The summed E-state index contributed by atoms with van der Waals surface area (Å²) in [6, 6.07) is 10.9. The maximum Gasteiger partial charge on any atom is 0.287 e. The number of nitrogens with zero attached hydrogens (tertiary/aromatic N) is 1. The Bertz CT molecular complexity index is 686. The lowest BCUT2D eigenvalue weighted by Crippen LogP contribution is -2.41. The molecule has 0 aliphatic heterocycles. The van der Waals surface area contributed by atoms with Crippen LogP contribution in [0.25, 0.3) is 0 Å². The summed E-state index contributed by atoms with van der Waals surface area (Å²) in [6.45, 7) is 1.56. The Morgan fingerprint density at radius 3 is 2.76 bits per heavy atom. The molecule has 0 fully saturated rings. The van der Waals surface area contributed by atoms with Gasteiger partial charge >= 0.3 is 0 Å².